The van der Waals surface area contributed by atoms with Crippen molar-refractivity contribution in [2.75, 3.05) is 7.11 Å². The highest BCUT2D eigenvalue weighted by Crippen LogP contribution is 2.30. The number of halogens is 4. The number of esters is 1. The Balaban J connectivity index is 3.42. The van der Waals surface area contributed by atoms with Crippen LogP contribution in [-0.2, 0) is 10.6 Å². The molecule has 0 aromatic carbocycles. The highest BCUT2D eigenvalue weighted by molar-refractivity contribution is 14.1. The number of carbonyl (C=O) groups is 1. The van der Waals surface area contributed by atoms with Crippen LogP contribution < -0.4 is 0 Å². The first-order valence-corrected chi connectivity index (χ1v) is 5.74. The van der Waals surface area contributed by atoms with E-state index in [9.17, 15) is 13.6 Å². The van der Waals surface area contributed by atoms with Crippen LogP contribution >= 0.6 is 34.2 Å². The number of methoxy groups -OCH3 is 1. The van der Waals surface area contributed by atoms with Crippen molar-refractivity contribution in [2.24, 2.45) is 0 Å². The first-order chi connectivity index (χ1) is 7.52. The molecule has 0 fully saturated rings. The van der Waals surface area contributed by atoms with Gasteiger partial charge in [-0.25, -0.2) is 18.6 Å². The van der Waals surface area contributed by atoms with Gasteiger partial charge in [0, 0.05) is 12.1 Å². The SMILES string of the molecule is COC(=O)c1cnc(I)c(C(F)F)c1CCl. The lowest BCUT2D eigenvalue weighted by Crippen LogP contribution is -2.10. The molecular weight excluding hydrogens is 354 g/mol. The van der Waals surface area contributed by atoms with E-state index in [1.807, 2.05) is 0 Å². The number of ether oxygens (including phenoxy) is 1. The van der Waals surface area contributed by atoms with Crippen molar-refractivity contribution in [3.8, 4) is 0 Å². The number of aromatic nitrogens is 1. The lowest BCUT2D eigenvalue weighted by Gasteiger charge is -2.11. The summed E-state index contributed by atoms with van der Waals surface area (Å²) in [6.07, 6.45) is -1.53. The second-order valence-electron chi connectivity index (χ2n) is 2.78. The number of alkyl halides is 3. The molecule has 1 aromatic rings. The molecule has 0 amide bonds. The number of hydrogen-bond donors (Lipinski definition) is 0. The van der Waals surface area contributed by atoms with Gasteiger partial charge in [0.1, 0.15) is 3.70 Å². The van der Waals surface area contributed by atoms with Crippen LogP contribution in [0.2, 0.25) is 0 Å². The van der Waals surface area contributed by atoms with Gasteiger partial charge >= 0.3 is 5.97 Å². The molecule has 0 atom stereocenters. The first kappa shape index (κ1) is 13.6. The number of nitrogens with zero attached hydrogens (tertiary/aromatic N) is 1. The summed E-state index contributed by atoms with van der Waals surface area (Å²) in [5.74, 6) is -0.913. The van der Waals surface area contributed by atoms with E-state index >= 15 is 0 Å². The van der Waals surface area contributed by atoms with Crippen LogP contribution in [-0.4, -0.2) is 18.1 Å². The molecule has 0 aliphatic carbocycles. The Morgan fingerprint density at radius 1 is 1.69 bits per heavy atom. The third-order valence-electron chi connectivity index (χ3n) is 1.94. The van der Waals surface area contributed by atoms with Crippen LogP contribution in [0.25, 0.3) is 0 Å². The fourth-order valence-corrected chi connectivity index (χ4v) is 2.18. The maximum absolute atomic E-state index is 12.8. The van der Waals surface area contributed by atoms with Crippen LogP contribution in [0.5, 0.6) is 0 Å². The summed E-state index contributed by atoms with van der Waals surface area (Å²) in [6.45, 7) is 0. The molecule has 0 N–H and O–H groups in total. The van der Waals surface area contributed by atoms with Gasteiger partial charge in [-0.3, -0.25) is 0 Å². The molecule has 0 spiro atoms. The van der Waals surface area contributed by atoms with Crippen molar-refractivity contribution < 1.29 is 18.3 Å². The maximum Gasteiger partial charge on any atom is 0.339 e. The molecule has 0 radical (unpaired) electrons. The third-order valence-corrected chi connectivity index (χ3v) is 3.06. The van der Waals surface area contributed by atoms with Crippen molar-refractivity contribution in [3.05, 3.63) is 26.6 Å². The van der Waals surface area contributed by atoms with E-state index in [1.165, 1.54) is 13.3 Å². The molecule has 7 heteroatoms. The first-order valence-electron chi connectivity index (χ1n) is 4.12. The van der Waals surface area contributed by atoms with Gasteiger partial charge in [0.2, 0.25) is 0 Å². The Hall–Kier alpha value is -0.500. The molecule has 3 nitrogen and oxygen atoms in total. The summed E-state index contributed by atoms with van der Waals surface area (Å²) in [5.41, 5.74) is -0.255. The van der Waals surface area contributed by atoms with Gasteiger partial charge in [-0.15, -0.1) is 11.6 Å². The second kappa shape index (κ2) is 5.72. The Bertz CT molecular complexity index is 415. The maximum atomic E-state index is 12.8. The normalized spacial score (nSPS) is 10.6. The smallest absolute Gasteiger partial charge is 0.339 e. The molecule has 1 aromatic heterocycles. The summed E-state index contributed by atoms with van der Waals surface area (Å²) in [4.78, 5) is 15.0. The van der Waals surface area contributed by atoms with Gasteiger partial charge in [0.15, 0.2) is 0 Å². The van der Waals surface area contributed by atoms with Gasteiger partial charge in [-0.2, -0.15) is 0 Å². The molecule has 1 heterocycles. The topological polar surface area (TPSA) is 39.2 Å². The fraction of sp³-hybridized carbons (Fsp3) is 0.333. The molecular formula is C9H7ClF2INO2. The predicted molar refractivity (Wildman–Crippen MR) is 62.8 cm³/mol. The van der Waals surface area contributed by atoms with Crippen LogP contribution in [0.1, 0.15) is 27.9 Å². The fourth-order valence-electron chi connectivity index (χ4n) is 1.19. The molecule has 16 heavy (non-hydrogen) atoms. The largest absolute Gasteiger partial charge is 0.465 e. The Kier molecular flexibility index (Phi) is 4.85. The van der Waals surface area contributed by atoms with E-state index in [-0.39, 0.29) is 26.3 Å². The summed E-state index contributed by atoms with van der Waals surface area (Å²) < 4.78 is 30.1. The number of hydrogen-bond acceptors (Lipinski definition) is 3. The van der Waals surface area contributed by atoms with Crippen molar-refractivity contribution in [2.45, 2.75) is 12.3 Å². The van der Waals surface area contributed by atoms with Gasteiger partial charge in [0.05, 0.1) is 18.2 Å². The third kappa shape index (κ3) is 2.60. The minimum atomic E-state index is -2.72. The standard InChI is InChI=1S/C9H7ClF2INO2/c1-16-9(15)5-3-14-8(13)6(7(11)12)4(5)2-10/h3,7H,2H2,1H3. The van der Waals surface area contributed by atoms with E-state index in [1.54, 1.807) is 22.6 Å². The number of pyridine rings is 1. The van der Waals surface area contributed by atoms with Gasteiger partial charge < -0.3 is 4.74 Å². The second-order valence-corrected chi connectivity index (χ2v) is 4.07. The molecule has 1 rings (SSSR count). The highest BCUT2D eigenvalue weighted by Gasteiger charge is 2.23. The lowest BCUT2D eigenvalue weighted by atomic mass is 10.1. The molecule has 0 aliphatic heterocycles. The molecule has 0 bridgehead atoms. The minimum Gasteiger partial charge on any atom is -0.465 e. The van der Waals surface area contributed by atoms with E-state index in [0.29, 0.717) is 0 Å². The molecule has 0 saturated heterocycles. The Morgan fingerprint density at radius 3 is 2.75 bits per heavy atom. The van der Waals surface area contributed by atoms with Gasteiger partial charge in [-0.05, 0) is 28.2 Å². The molecule has 0 saturated carbocycles. The summed E-state index contributed by atoms with van der Waals surface area (Å²) in [5, 5.41) is 0. The zero-order valence-electron chi connectivity index (χ0n) is 8.14. The van der Waals surface area contributed by atoms with Crippen LogP contribution in [0.3, 0.4) is 0 Å². The zero-order valence-corrected chi connectivity index (χ0v) is 11.1. The van der Waals surface area contributed by atoms with Crippen molar-refractivity contribution in [1.82, 2.24) is 4.98 Å². The van der Waals surface area contributed by atoms with Crippen LogP contribution in [0.15, 0.2) is 6.20 Å². The van der Waals surface area contributed by atoms with E-state index in [0.717, 1.165) is 0 Å². The predicted octanol–water partition coefficient (Wildman–Crippen LogP) is 3.15. The summed E-state index contributed by atoms with van der Waals surface area (Å²) in [7, 11) is 1.17. The summed E-state index contributed by atoms with van der Waals surface area (Å²) in [6, 6.07) is 0. The van der Waals surface area contributed by atoms with Gasteiger partial charge in [0.25, 0.3) is 6.43 Å². The number of rotatable bonds is 3. The van der Waals surface area contributed by atoms with Crippen LogP contribution in [0, 0.1) is 3.70 Å². The molecule has 0 unspecified atom stereocenters. The Morgan fingerprint density at radius 2 is 2.31 bits per heavy atom. The minimum absolute atomic E-state index is 0.0202. The van der Waals surface area contributed by atoms with Crippen molar-refractivity contribution >= 4 is 40.2 Å². The number of carbonyl (C=O) groups excluding carboxylic acids is 1. The van der Waals surface area contributed by atoms with E-state index in [2.05, 4.69) is 9.72 Å². The van der Waals surface area contributed by atoms with E-state index in [4.69, 9.17) is 11.6 Å². The average molecular weight is 362 g/mol. The van der Waals surface area contributed by atoms with Crippen molar-refractivity contribution in [3.63, 3.8) is 0 Å². The average Bonchev–Trinajstić information content (AvgIpc) is 2.26. The highest BCUT2D eigenvalue weighted by atomic mass is 127. The monoisotopic (exact) mass is 361 g/mol. The quantitative estimate of drug-likeness (QED) is 0.359. The Labute approximate surface area is 109 Å². The van der Waals surface area contributed by atoms with Gasteiger partial charge in [-0.1, -0.05) is 0 Å². The van der Waals surface area contributed by atoms with Crippen molar-refractivity contribution in [1.29, 1.82) is 0 Å². The lowest BCUT2D eigenvalue weighted by molar-refractivity contribution is 0.0598. The summed E-state index contributed by atoms with van der Waals surface area (Å²) >= 11 is 7.26. The van der Waals surface area contributed by atoms with E-state index < -0.39 is 12.4 Å². The molecule has 88 valence electrons. The zero-order chi connectivity index (χ0) is 12.3. The molecule has 0 aliphatic rings. The van der Waals surface area contributed by atoms with Crippen LogP contribution in [0.4, 0.5) is 8.78 Å².